The van der Waals surface area contributed by atoms with Crippen LogP contribution in [-0.2, 0) is 20.0 Å². The van der Waals surface area contributed by atoms with Gasteiger partial charge in [0, 0.05) is 23.1 Å². The molecule has 2 N–H and O–H groups in total. The Bertz CT molecular complexity index is 724. The fourth-order valence-corrected chi connectivity index (χ4v) is 2.49. The molecule has 1 unspecified atom stereocenters. The average molecular weight is 270 g/mol. The molecule has 3 aromatic rings. The zero-order chi connectivity index (χ0) is 14.1. The first-order valence-electron chi connectivity index (χ1n) is 6.68. The maximum atomic E-state index is 5.91. The van der Waals surface area contributed by atoms with Gasteiger partial charge in [0.2, 0.25) is 0 Å². The highest BCUT2D eigenvalue weighted by Crippen LogP contribution is 2.21. The second kappa shape index (κ2) is 5.05. The van der Waals surface area contributed by atoms with Crippen LogP contribution in [0.5, 0.6) is 0 Å². The van der Waals surface area contributed by atoms with Crippen LogP contribution in [-0.4, -0.2) is 30.8 Å². The summed E-state index contributed by atoms with van der Waals surface area (Å²) in [5.74, 6) is 0.711. The third-order valence-electron chi connectivity index (χ3n) is 3.31. The van der Waals surface area contributed by atoms with Crippen molar-refractivity contribution in [2.75, 3.05) is 0 Å². The number of benzene rings is 1. The van der Waals surface area contributed by atoms with Gasteiger partial charge >= 0.3 is 0 Å². The van der Waals surface area contributed by atoms with Gasteiger partial charge in [0.1, 0.15) is 0 Å². The minimum absolute atomic E-state index is 0.158. The minimum Gasteiger partial charge on any atom is -0.340 e. The number of nitrogens with zero attached hydrogens (tertiary/aromatic N) is 5. The van der Waals surface area contributed by atoms with Gasteiger partial charge in [0.05, 0.1) is 13.6 Å². The number of fused-ring (bicyclic) bond motifs is 1. The predicted octanol–water partition coefficient (Wildman–Crippen LogP) is 1.10. The molecule has 0 aliphatic heterocycles. The average Bonchev–Trinajstić information content (AvgIpc) is 2.97. The molecule has 0 bridgehead atoms. The van der Waals surface area contributed by atoms with Crippen molar-refractivity contribution in [3.05, 3.63) is 41.9 Å². The zero-order valence-electron chi connectivity index (χ0n) is 11.7. The lowest BCUT2D eigenvalue weighted by molar-refractivity contribution is 0.625. The van der Waals surface area contributed by atoms with Gasteiger partial charge in [-0.05, 0) is 36.3 Å². The Morgan fingerprint density at radius 2 is 2.15 bits per heavy atom. The lowest BCUT2D eigenvalue weighted by atomic mass is 10.0. The van der Waals surface area contributed by atoms with Crippen LogP contribution in [0.3, 0.4) is 0 Å². The zero-order valence-corrected chi connectivity index (χ0v) is 11.7. The monoisotopic (exact) mass is 270 g/mol. The Kier molecular flexibility index (Phi) is 3.23. The largest absolute Gasteiger partial charge is 0.340 e. The molecule has 2 heterocycles. The Hall–Kier alpha value is -2.21. The Morgan fingerprint density at radius 1 is 1.30 bits per heavy atom. The number of hydrogen-bond acceptors (Lipinski definition) is 4. The van der Waals surface area contributed by atoms with E-state index in [1.807, 2.05) is 6.92 Å². The second-order valence-corrected chi connectivity index (χ2v) is 5.17. The number of hydrogen-bond donors (Lipinski definition) is 1. The molecule has 3 rings (SSSR count). The van der Waals surface area contributed by atoms with E-state index >= 15 is 0 Å². The molecule has 2 aromatic heterocycles. The molecule has 6 heteroatoms. The summed E-state index contributed by atoms with van der Waals surface area (Å²) in [4.78, 5) is 1.47. The third kappa shape index (κ3) is 2.42. The van der Waals surface area contributed by atoms with Crippen molar-refractivity contribution in [1.82, 2.24) is 24.8 Å². The Labute approximate surface area is 117 Å². The lowest BCUT2D eigenvalue weighted by Gasteiger charge is -2.08. The van der Waals surface area contributed by atoms with Gasteiger partial charge in [-0.3, -0.25) is 0 Å². The molecule has 0 spiro atoms. The van der Waals surface area contributed by atoms with E-state index < -0.39 is 0 Å². The molecule has 0 saturated carbocycles. The van der Waals surface area contributed by atoms with E-state index in [-0.39, 0.29) is 6.04 Å². The normalized spacial score (nSPS) is 12.9. The molecule has 0 fully saturated rings. The SMILES string of the molecule is CC(N)Cc1cccc2c1ccn2Cc1nnn(C)n1. The topological polar surface area (TPSA) is 74.6 Å². The summed E-state index contributed by atoms with van der Waals surface area (Å²) < 4.78 is 2.14. The highest BCUT2D eigenvalue weighted by atomic mass is 15.6. The van der Waals surface area contributed by atoms with Crippen molar-refractivity contribution in [1.29, 1.82) is 0 Å². The van der Waals surface area contributed by atoms with Crippen LogP contribution in [0.1, 0.15) is 18.3 Å². The molecule has 1 atom stereocenters. The van der Waals surface area contributed by atoms with Crippen LogP contribution in [0.15, 0.2) is 30.5 Å². The van der Waals surface area contributed by atoms with Crippen LogP contribution < -0.4 is 5.73 Å². The van der Waals surface area contributed by atoms with Crippen LogP contribution in [0.4, 0.5) is 0 Å². The van der Waals surface area contributed by atoms with Crippen molar-refractivity contribution in [3.8, 4) is 0 Å². The summed E-state index contributed by atoms with van der Waals surface area (Å²) in [5, 5.41) is 13.4. The van der Waals surface area contributed by atoms with Crippen molar-refractivity contribution in [2.24, 2.45) is 12.8 Å². The molecule has 0 aliphatic carbocycles. The van der Waals surface area contributed by atoms with Gasteiger partial charge in [-0.2, -0.15) is 4.80 Å². The summed E-state index contributed by atoms with van der Waals surface area (Å²) in [6, 6.07) is 8.60. The molecular formula is C14H18N6. The molecule has 6 nitrogen and oxygen atoms in total. The van der Waals surface area contributed by atoms with Crippen molar-refractivity contribution >= 4 is 10.9 Å². The molecule has 0 saturated heterocycles. The number of rotatable bonds is 4. The summed E-state index contributed by atoms with van der Waals surface area (Å²) in [6.45, 7) is 2.65. The maximum absolute atomic E-state index is 5.91. The van der Waals surface area contributed by atoms with E-state index in [1.54, 1.807) is 7.05 Å². The minimum atomic E-state index is 0.158. The highest BCUT2D eigenvalue weighted by Gasteiger charge is 2.09. The number of aryl methyl sites for hydroxylation is 1. The van der Waals surface area contributed by atoms with E-state index in [0.29, 0.717) is 12.4 Å². The van der Waals surface area contributed by atoms with Crippen molar-refractivity contribution < 1.29 is 0 Å². The molecule has 0 aliphatic rings. The quantitative estimate of drug-likeness (QED) is 0.770. The van der Waals surface area contributed by atoms with Gasteiger partial charge in [0.25, 0.3) is 0 Å². The fraction of sp³-hybridized carbons (Fsp3) is 0.357. The molecule has 0 amide bonds. The second-order valence-electron chi connectivity index (χ2n) is 5.17. The summed E-state index contributed by atoms with van der Waals surface area (Å²) in [5.41, 5.74) is 8.37. The van der Waals surface area contributed by atoms with Crippen molar-refractivity contribution in [3.63, 3.8) is 0 Å². The van der Waals surface area contributed by atoms with Crippen LogP contribution in [0.2, 0.25) is 0 Å². The van der Waals surface area contributed by atoms with E-state index in [1.165, 1.54) is 21.3 Å². The van der Waals surface area contributed by atoms with E-state index in [0.717, 1.165) is 6.42 Å². The van der Waals surface area contributed by atoms with Gasteiger partial charge in [-0.25, -0.2) is 0 Å². The van der Waals surface area contributed by atoms with E-state index in [4.69, 9.17) is 5.73 Å². The maximum Gasteiger partial charge on any atom is 0.194 e. The van der Waals surface area contributed by atoms with Crippen LogP contribution in [0, 0.1) is 0 Å². The molecular weight excluding hydrogens is 252 g/mol. The number of aromatic nitrogens is 5. The fourth-order valence-electron chi connectivity index (χ4n) is 2.49. The Balaban J connectivity index is 1.97. The summed E-state index contributed by atoms with van der Waals surface area (Å²) >= 11 is 0. The molecule has 1 aromatic carbocycles. The molecule has 0 radical (unpaired) electrons. The van der Waals surface area contributed by atoms with Gasteiger partial charge in [-0.1, -0.05) is 12.1 Å². The standard InChI is InChI=1S/C14H18N6/c1-10(15)8-11-4-3-5-13-12(11)6-7-20(13)9-14-16-18-19(2)17-14/h3-7,10H,8-9,15H2,1-2H3. The van der Waals surface area contributed by atoms with Gasteiger partial charge in [0.15, 0.2) is 5.82 Å². The summed E-state index contributed by atoms with van der Waals surface area (Å²) in [7, 11) is 1.77. The first kappa shape index (κ1) is 12.8. The predicted molar refractivity (Wildman–Crippen MR) is 77.2 cm³/mol. The van der Waals surface area contributed by atoms with Gasteiger partial charge < -0.3 is 10.3 Å². The van der Waals surface area contributed by atoms with Crippen LogP contribution in [0.25, 0.3) is 10.9 Å². The lowest BCUT2D eigenvalue weighted by Crippen LogP contribution is -2.17. The van der Waals surface area contributed by atoms with Gasteiger partial charge in [-0.15, -0.1) is 10.2 Å². The van der Waals surface area contributed by atoms with E-state index in [2.05, 4.69) is 50.4 Å². The third-order valence-corrected chi connectivity index (χ3v) is 3.31. The number of tetrazole rings is 1. The van der Waals surface area contributed by atoms with E-state index in [9.17, 15) is 0 Å². The molecule has 104 valence electrons. The van der Waals surface area contributed by atoms with Crippen molar-refractivity contribution in [2.45, 2.75) is 25.9 Å². The van der Waals surface area contributed by atoms with Crippen LogP contribution >= 0.6 is 0 Å². The smallest absolute Gasteiger partial charge is 0.194 e. The Morgan fingerprint density at radius 3 is 2.85 bits per heavy atom. The first-order chi connectivity index (χ1) is 9.63. The molecule has 20 heavy (non-hydrogen) atoms. The summed E-state index contributed by atoms with van der Waals surface area (Å²) in [6.07, 6.45) is 2.94. The number of nitrogens with two attached hydrogens (primary N) is 1. The first-order valence-corrected chi connectivity index (χ1v) is 6.68. The highest BCUT2D eigenvalue weighted by molar-refractivity contribution is 5.83.